The van der Waals surface area contributed by atoms with Crippen LogP contribution >= 0.6 is 0 Å². The molecule has 0 spiro atoms. The summed E-state index contributed by atoms with van der Waals surface area (Å²) in [5.41, 5.74) is 5.56. The SMILES string of the molecule is Oc1c(Cc2ccccc2)nc2cnc(-c3ccc(N4CCCCC4)cc3)cn12. The van der Waals surface area contributed by atoms with Crippen molar-refractivity contribution in [2.75, 3.05) is 18.0 Å². The summed E-state index contributed by atoms with van der Waals surface area (Å²) in [6.07, 6.45) is 8.05. The Balaban J connectivity index is 1.43. The van der Waals surface area contributed by atoms with E-state index in [9.17, 15) is 5.11 Å². The third-order valence-corrected chi connectivity index (χ3v) is 5.65. The van der Waals surface area contributed by atoms with Gasteiger partial charge in [-0.15, -0.1) is 0 Å². The summed E-state index contributed by atoms with van der Waals surface area (Å²) in [6, 6.07) is 18.6. The van der Waals surface area contributed by atoms with Crippen LogP contribution in [0.2, 0.25) is 0 Å². The van der Waals surface area contributed by atoms with Gasteiger partial charge < -0.3 is 10.0 Å². The van der Waals surface area contributed by atoms with Crippen molar-refractivity contribution in [1.82, 2.24) is 14.4 Å². The van der Waals surface area contributed by atoms with Crippen LogP contribution in [-0.4, -0.2) is 32.6 Å². The van der Waals surface area contributed by atoms with Crippen molar-refractivity contribution in [2.24, 2.45) is 0 Å². The van der Waals surface area contributed by atoms with Crippen LogP contribution in [0.5, 0.6) is 5.88 Å². The zero-order chi connectivity index (χ0) is 19.6. The molecular weight excluding hydrogens is 360 g/mol. The molecule has 0 aliphatic carbocycles. The highest BCUT2D eigenvalue weighted by molar-refractivity contribution is 5.64. The third kappa shape index (κ3) is 3.56. The molecule has 1 fully saturated rings. The first-order valence-electron chi connectivity index (χ1n) is 10.2. The van der Waals surface area contributed by atoms with Crippen molar-refractivity contribution in [3.05, 3.63) is 78.2 Å². The second-order valence-electron chi connectivity index (χ2n) is 7.64. The van der Waals surface area contributed by atoms with Crippen LogP contribution in [0.25, 0.3) is 16.9 Å². The van der Waals surface area contributed by atoms with Crippen LogP contribution in [0.4, 0.5) is 5.69 Å². The van der Waals surface area contributed by atoms with Gasteiger partial charge in [0.15, 0.2) is 5.65 Å². The van der Waals surface area contributed by atoms with E-state index in [1.54, 1.807) is 10.6 Å². The Labute approximate surface area is 170 Å². The fourth-order valence-corrected chi connectivity index (χ4v) is 4.04. The van der Waals surface area contributed by atoms with Gasteiger partial charge in [-0.1, -0.05) is 42.5 Å². The minimum absolute atomic E-state index is 0.178. The summed E-state index contributed by atoms with van der Waals surface area (Å²) in [5, 5.41) is 10.7. The molecule has 0 saturated carbocycles. The minimum Gasteiger partial charge on any atom is -0.493 e. The number of fused-ring (bicyclic) bond motifs is 1. The van der Waals surface area contributed by atoms with E-state index in [1.165, 1.54) is 24.9 Å². The molecule has 2 aromatic heterocycles. The predicted molar refractivity (Wildman–Crippen MR) is 115 cm³/mol. The third-order valence-electron chi connectivity index (χ3n) is 5.65. The fourth-order valence-electron chi connectivity index (χ4n) is 4.04. The minimum atomic E-state index is 0.178. The Hall–Kier alpha value is -3.34. The lowest BCUT2D eigenvalue weighted by molar-refractivity contribution is 0.442. The molecule has 146 valence electrons. The normalized spacial score (nSPS) is 14.4. The van der Waals surface area contributed by atoms with Gasteiger partial charge in [0, 0.05) is 37.0 Å². The smallest absolute Gasteiger partial charge is 0.219 e. The van der Waals surface area contributed by atoms with Crippen LogP contribution in [0, 0.1) is 0 Å². The van der Waals surface area contributed by atoms with Crippen LogP contribution in [0.1, 0.15) is 30.5 Å². The molecule has 0 amide bonds. The number of benzene rings is 2. The first kappa shape index (κ1) is 17.7. The van der Waals surface area contributed by atoms with Gasteiger partial charge >= 0.3 is 0 Å². The number of anilines is 1. The van der Waals surface area contributed by atoms with Gasteiger partial charge in [-0.3, -0.25) is 9.38 Å². The largest absolute Gasteiger partial charge is 0.493 e. The molecule has 1 N–H and O–H groups in total. The van der Waals surface area contributed by atoms with Crippen LogP contribution in [0.3, 0.4) is 0 Å². The molecule has 5 heteroatoms. The maximum absolute atomic E-state index is 10.7. The summed E-state index contributed by atoms with van der Waals surface area (Å²) in [6.45, 7) is 2.27. The number of nitrogens with zero attached hydrogens (tertiary/aromatic N) is 4. The van der Waals surface area contributed by atoms with Crippen LogP contribution in [0.15, 0.2) is 67.0 Å². The molecule has 1 saturated heterocycles. The number of imidazole rings is 1. The summed E-state index contributed by atoms with van der Waals surface area (Å²) in [4.78, 5) is 11.6. The maximum Gasteiger partial charge on any atom is 0.219 e. The molecule has 3 heterocycles. The topological polar surface area (TPSA) is 53.7 Å². The van der Waals surface area contributed by atoms with E-state index >= 15 is 0 Å². The number of rotatable bonds is 4. The molecule has 5 rings (SSSR count). The highest BCUT2D eigenvalue weighted by Gasteiger charge is 2.14. The van der Waals surface area contributed by atoms with Gasteiger partial charge in [-0.05, 0) is 37.0 Å². The predicted octanol–water partition coefficient (Wildman–Crippen LogP) is 4.68. The lowest BCUT2D eigenvalue weighted by Crippen LogP contribution is -2.29. The Morgan fingerprint density at radius 3 is 2.41 bits per heavy atom. The van der Waals surface area contributed by atoms with Crippen molar-refractivity contribution in [3.8, 4) is 17.1 Å². The zero-order valence-electron chi connectivity index (χ0n) is 16.3. The van der Waals surface area contributed by atoms with Crippen molar-refractivity contribution in [3.63, 3.8) is 0 Å². The average molecular weight is 384 g/mol. The fraction of sp³-hybridized carbons (Fsp3) is 0.250. The van der Waals surface area contributed by atoms with E-state index in [2.05, 4.69) is 39.1 Å². The first-order valence-corrected chi connectivity index (χ1v) is 10.2. The summed E-state index contributed by atoms with van der Waals surface area (Å²) in [7, 11) is 0. The number of hydrogen-bond acceptors (Lipinski definition) is 4. The molecule has 29 heavy (non-hydrogen) atoms. The lowest BCUT2D eigenvalue weighted by Gasteiger charge is -2.28. The van der Waals surface area contributed by atoms with Crippen LogP contribution < -0.4 is 4.90 Å². The number of aromatic nitrogens is 3. The standard InChI is InChI=1S/C24H24N4O/c29-24-21(15-18-7-3-1-4-8-18)26-23-16-25-22(17-28(23)24)19-9-11-20(12-10-19)27-13-5-2-6-14-27/h1,3-4,7-12,16-17,29H,2,5-6,13-15H2. The molecular formula is C24H24N4O. The van der Waals surface area contributed by atoms with Gasteiger partial charge in [0.2, 0.25) is 5.88 Å². The van der Waals surface area contributed by atoms with Gasteiger partial charge in [0.25, 0.3) is 0 Å². The van der Waals surface area contributed by atoms with Crippen molar-refractivity contribution in [1.29, 1.82) is 0 Å². The average Bonchev–Trinajstić information content (AvgIpc) is 3.10. The lowest BCUT2D eigenvalue weighted by atomic mass is 10.1. The Morgan fingerprint density at radius 2 is 1.66 bits per heavy atom. The van der Waals surface area contributed by atoms with Gasteiger partial charge in [0.05, 0.1) is 11.9 Å². The van der Waals surface area contributed by atoms with E-state index in [4.69, 9.17) is 0 Å². The summed E-state index contributed by atoms with van der Waals surface area (Å²) in [5.74, 6) is 0.178. The van der Waals surface area contributed by atoms with E-state index in [1.807, 2.05) is 36.5 Å². The molecule has 0 radical (unpaired) electrons. The molecule has 0 unspecified atom stereocenters. The Bertz CT molecular complexity index is 1110. The van der Waals surface area contributed by atoms with Crippen molar-refractivity contribution >= 4 is 11.3 Å². The van der Waals surface area contributed by atoms with E-state index in [0.29, 0.717) is 17.8 Å². The van der Waals surface area contributed by atoms with Crippen molar-refractivity contribution < 1.29 is 5.11 Å². The molecule has 5 nitrogen and oxygen atoms in total. The van der Waals surface area contributed by atoms with Gasteiger partial charge in [0.1, 0.15) is 5.69 Å². The number of hydrogen-bond donors (Lipinski definition) is 1. The van der Waals surface area contributed by atoms with Crippen molar-refractivity contribution in [2.45, 2.75) is 25.7 Å². The van der Waals surface area contributed by atoms with Gasteiger partial charge in [-0.2, -0.15) is 0 Å². The monoisotopic (exact) mass is 384 g/mol. The first-order chi connectivity index (χ1) is 14.3. The molecule has 1 aliphatic heterocycles. The van der Waals surface area contributed by atoms with Gasteiger partial charge in [-0.25, -0.2) is 4.98 Å². The Kier molecular flexibility index (Phi) is 4.64. The van der Waals surface area contributed by atoms with E-state index in [-0.39, 0.29) is 5.88 Å². The molecule has 0 bridgehead atoms. The highest BCUT2D eigenvalue weighted by atomic mass is 16.3. The summed E-state index contributed by atoms with van der Waals surface area (Å²) < 4.78 is 1.72. The van der Waals surface area contributed by atoms with Crippen LogP contribution in [-0.2, 0) is 6.42 Å². The number of piperidine rings is 1. The molecule has 0 atom stereocenters. The molecule has 2 aromatic carbocycles. The Morgan fingerprint density at radius 1 is 0.897 bits per heavy atom. The second kappa shape index (κ2) is 7.59. The highest BCUT2D eigenvalue weighted by Crippen LogP contribution is 2.27. The van der Waals surface area contributed by atoms with E-state index in [0.717, 1.165) is 29.9 Å². The molecule has 4 aromatic rings. The summed E-state index contributed by atoms with van der Waals surface area (Å²) >= 11 is 0. The zero-order valence-corrected chi connectivity index (χ0v) is 16.3. The molecule has 1 aliphatic rings. The number of aromatic hydroxyl groups is 1. The maximum atomic E-state index is 10.7. The second-order valence-corrected chi connectivity index (χ2v) is 7.64. The quantitative estimate of drug-likeness (QED) is 0.555. The van der Waals surface area contributed by atoms with E-state index < -0.39 is 0 Å².